The predicted octanol–water partition coefficient (Wildman–Crippen LogP) is 4.12. The molecule has 44 heavy (non-hydrogen) atoms. The molecule has 0 atom stereocenters. The van der Waals surface area contributed by atoms with Crippen LogP contribution in [0.1, 0.15) is 21.5 Å². The third kappa shape index (κ3) is 6.90. The first-order valence-corrected chi connectivity index (χ1v) is 14.1. The second kappa shape index (κ2) is 14.2. The van der Waals surface area contributed by atoms with E-state index in [-0.39, 0.29) is 24.4 Å². The van der Waals surface area contributed by atoms with Gasteiger partial charge in [0, 0.05) is 37.2 Å². The molecule has 2 heterocycles. The van der Waals surface area contributed by atoms with Crippen molar-refractivity contribution in [1.82, 2.24) is 4.90 Å². The number of aliphatic carboxylic acids is 1. The first-order valence-electron chi connectivity index (χ1n) is 14.1. The summed E-state index contributed by atoms with van der Waals surface area (Å²) in [6.45, 7) is 4.11. The highest BCUT2D eigenvalue weighted by Crippen LogP contribution is 2.40. The molecule has 0 aliphatic carbocycles. The lowest BCUT2D eigenvalue weighted by atomic mass is 9.89. The molecule has 2 aliphatic rings. The van der Waals surface area contributed by atoms with Gasteiger partial charge in [0.2, 0.25) is 12.5 Å². The van der Waals surface area contributed by atoms with Gasteiger partial charge in [-0.05, 0) is 59.7 Å². The summed E-state index contributed by atoms with van der Waals surface area (Å²) >= 11 is 0. The second-order valence-electron chi connectivity index (χ2n) is 10.1. The van der Waals surface area contributed by atoms with Crippen LogP contribution in [-0.2, 0) is 16.0 Å². The van der Waals surface area contributed by atoms with Crippen LogP contribution in [0.25, 0.3) is 5.57 Å². The lowest BCUT2D eigenvalue weighted by Gasteiger charge is -2.26. The monoisotopic (exact) mass is 605 g/mol. The Labute approximate surface area is 255 Å². The number of hydrogen-bond acceptors (Lipinski definition) is 10. The molecule has 0 saturated carbocycles. The minimum Gasteiger partial charge on any atom is -0.497 e. The molecule has 11 nitrogen and oxygen atoms in total. The Balaban J connectivity index is 1.55. The van der Waals surface area contributed by atoms with Gasteiger partial charge in [-0.15, -0.1) is 0 Å². The molecule has 11 heteroatoms. The van der Waals surface area contributed by atoms with Crippen molar-refractivity contribution in [2.24, 2.45) is 0 Å². The van der Waals surface area contributed by atoms with Gasteiger partial charge in [0.25, 0.3) is 0 Å². The van der Waals surface area contributed by atoms with Gasteiger partial charge in [0.1, 0.15) is 12.4 Å². The first-order chi connectivity index (χ1) is 21.4. The van der Waals surface area contributed by atoms with Crippen molar-refractivity contribution in [2.75, 3.05) is 67.6 Å². The highest BCUT2D eigenvalue weighted by Gasteiger charge is 2.27. The molecule has 3 aromatic carbocycles. The Morgan fingerprint density at radius 3 is 2.23 bits per heavy atom. The number of hydrogen-bond donors (Lipinski definition) is 1. The molecule has 0 amide bonds. The van der Waals surface area contributed by atoms with E-state index < -0.39 is 11.8 Å². The lowest BCUT2D eigenvalue weighted by Crippen LogP contribution is -2.38. The fourth-order valence-corrected chi connectivity index (χ4v) is 5.18. The molecule has 0 spiro atoms. The van der Waals surface area contributed by atoms with Gasteiger partial charge < -0.3 is 38.3 Å². The summed E-state index contributed by atoms with van der Waals surface area (Å²) < 4.78 is 39.0. The number of carbonyl (C=O) groups excluding carboxylic acids is 1. The number of benzene rings is 3. The quantitative estimate of drug-likeness (QED) is 0.224. The molecule has 3 aromatic rings. The van der Waals surface area contributed by atoms with Crippen LogP contribution in [-0.4, -0.2) is 89.3 Å². The average Bonchev–Trinajstić information content (AvgIpc) is 3.52. The summed E-state index contributed by atoms with van der Waals surface area (Å²) in [6.07, 6.45) is -0.0406. The van der Waals surface area contributed by atoms with Crippen molar-refractivity contribution in [2.45, 2.75) is 6.42 Å². The molecule has 5 rings (SSSR count). The second-order valence-corrected chi connectivity index (χ2v) is 10.1. The molecular weight excluding hydrogens is 570 g/mol. The predicted molar refractivity (Wildman–Crippen MR) is 160 cm³/mol. The van der Waals surface area contributed by atoms with Crippen molar-refractivity contribution >= 4 is 17.3 Å². The van der Waals surface area contributed by atoms with Crippen molar-refractivity contribution in [1.29, 1.82) is 0 Å². The van der Waals surface area contributed by atoms with Crippen LogP contribution in [0, 0.1) is 0 Å². The van der Waals surface area contributed by atoms with Gasteiger partial charge in [0.05, 0.1) is 40.1 Å². The highest BCUT2D eigenvalue weighted by atomic mass is 16.7. The fourth-order valence-electron chi connectivity index (χ4n) is 5.18. The summed E-state index contributed by atoms with van der Waals surface area (Å²) in [7, 11) is 4.56. The maximum absolute atomic E-state index is 14.1. The maximum Gasteiger partial charge on any atom is 0.336 e. The van der Waals surface area contributed by atoms with Crippen molar-refractivity contribution in [3.63, 3.8) is 0 Å². The topological polar surface area (TPSA) is 122 Å². The van der Waals surface area contributed by atoms with E-state index in [1.807, 2.05) is 0 Å². The number of carboxylic acid groups (broad SMARTS) is 1. The fraction of sp³-hybridized carbons (Fsp3) is 0.333. The molecular formula is C33H35NO10. The number of rotatable bonds is 13. The summed E-state index contributed by atoms with van der Waals surface area (Å²) in [5.41, 5.74) is 1.12. The largest absolute Gasteiger partial charge is 0.497 e. The Hall–Kier alpha value is -4.74. The Bertz CT molecular complexity index is 1530. The van der Waals surface area contributed by atoms with E-state index in [0.717, 1.165) is 13.1 Å². The number of Topliss-reactive ketones (excluding diaryl/α,β-unsaturated/α-hetero) is 1. The molecule has 0 bridgehead atoms. The Morgan fingerprint density at radius 2 is 1.55 bits per heavy atom. The molecule has 0 aromatic heterocycles. The standard InChI is InChI=1S/C33H35NO10/c1-38-24-7-4-22(5-8-24)31(35)25(30(33(36)37)23-6-9-26-27(19-23)44-20-43-26)16-21-17-28(39-2)32(40-3)29(18-21)42-15-12-34-10-13-41-14-11-34/h4-9,17-19H,10-16,20H2,1-3H3,(H,36,37). The molecule has 1 fully saturated rings. The van der Waals surface area contributed by atoms with Crippen molar-refractivity contribution in [3.8, 4) is 34.5 Å². The van der Waals surface area contributed by atoms with Crippen molar-refractivity contribution in [3.05, 3.63) is 76.9 Å². The van der Waals surface area contributed by atoms with E-state index >= 15 is 0 Å². The van der Waals surface area contributed by atoms with Gasteiger partial charge >= 0.3 is 5.97 Å². The van der Waals surface area contributed by atoms with Crippen LogP contribution >= 0.6 is 0 Å². The van der Waals surface area contributed by atoms with E-state index in [0.29, 0.717) is 77.6 Å². The molecule has 0 radical (unpaired) electrons. The molecule has 0 unspecified atom stereocenters. The SMILES string of the molecule is COc1ccc(C(=O)C(Cc2cc(OC)c(OC)c(OCCN3CCOCC3)c2)=C(C(=O)O)c2ccc3c(c2)OCO3)cc1. The van der Waals surface area contributed by atoms with E-state index in [4.69, 9.17) is 33.2 Å². The van der Waals surface area contributed by atoms with E-state index in [2.05, 4.69) is 4.90 Å². The molecule has 232 valence electrons. The number of methoxy groups -OCH3 is 3. The number of carbonyl (C=O) groups is 2. The Morgan fingerprint density at radius 1 is 0.841 bits per heavy atom. The van der Waals surface area contributed by atoms with Gasteiger partial charge in [-0.3, -0.25) is 9.69 Å². The smallest absolute Gasteiger partial charge is 0.336 e. The maximum atomic E-state index is 14.1. The minimum atomic E-state index is -1.26. The normalized spacial score (nSPS) is 14.9. The minimum absolute atomic E-state index is 0.0303. The number of carboxylic acids is 1. The van der Waals surface area contributed by atoms with Gasteiger partial charge in [0.15, 0.2) is 28.8 Å². The van der Waals surface area contributed by atoms with Crippen LogP contribution in [0.5, 0.6) is 34.5 Å². The van der Waals surface area contributed by atoms with Crippen molar-refractivity contribution < 1.29 is 47.9 Å². The van der Waals surface area contributed by atoms with E-state index in [9.17, 15) is 14.7 Å². The average molecular weight is 606 g/mol. The Kier molecular flexibility index (Phi) is 9.88. The van der Waals surface area contributed by atoms with Crippen LogP contribution in [0.3, 0.4) is 0 Å². The summed E-state index contributed by atoms with van der Waals surface area (Å²) in [5.74, 6) is 0.976. The zero-order valence-electron chi connectivity index (χ0n) is 24.9. The first kappa shape index (κ1) is 30.7. The number of allylic oxidation sites excluding steroid dienone is 1. The highest BCUT2D eigenvalue weighted by molar-refractivity contribution is 6.26. The lowest BCUT2D eigenvalue weighted by molar-refractivity contribution is -0.130. The number of nitrogens with zero attached hydrogens (tertiary/aromatic N) is 1. The summed E-state index contributed by atoms with van der Waals surface area (Å²) in [4.78, 5) is 29.2. The third-order valence-corrected chi connectivity index (χ3v) is 7.46. The van der Waals surface area contributed by atoms with E-state index in [1.54, 1.807) is 54.6 Å². The summed E-state index contributed by atoms with van der Waals surface area (Å²) in [5, 5.41) is 10.5. The van der Waals surface area contributed by atoms with Crippen LogP contribution in [0.15, 0.2) is 60.2 Å². The zero-order valence-corrected chi connectivity index (χ0v) is 24.9. The zero-order chi connectivity index (χ0) is 31.1. The number of morpholine rings is 1. The van der Waals surface area contributed by atoms with Crippen LogP contribution < -0.4 is 28.4 Å². The van der Waals surface area contributed by atoms with Gasteiger partial charge in [-0.25, -0.2) is 4.79 Å². The van der Waals surface area contributed by atoms with Gasteiger partial charge in [-0.1, -0.05) is 6.07 Å². The number of fused-ring (bicyclic) bond motifs is 1. The third-order valence-electron chi connectivity index (χ3n) is 7.46. The van der Waals surface area contributed by atoms with E-state index in [1.165, 1.54) is 21.3 Å². The van der Waals surface area contributed by atoms with Crippen LogP contribution in [0.4, 0.5) is 0 Å². The number of ether oxygens (including phenoxy) is 7. The summed E-state index contributed by atoms with van der Waals surface area (Å²) in [6, 6.07) is 14.8. The molecule has 1 saturated heterocycles. The molecule has 1 N–H and O–H groups in total. The number of ketones is 1. The van der Waals surface area contributed by atoms with Gasteiger partial charge in [-0.2, -0.15) is 0 Å². The van der Waals surface area contributed by atoms with Crippen LogP contribution in [0.2, 0.25) is 0 Å². The molecule has 2 aliphatic heterocycles.